The number of aromatic nitrogens is 4. The minimum absolute atomic E-state index is 0.0397. The number of H-pyrrole nitrogens is 1. The zero-order chi connectivity index (χ0) is 19.2. The van der Waals surface area contributed by atoms with Crippen LogP contribution in [0, 0.1) is 0 Å². The molecule has 1 atom stereocenters. The standard InChI is InChI=1S/C19H21N5O3/c1-3-12-4-7-14(8-5-12)20-19(26)15(18-21-23-24-22-18)10-13-6-9-16(25)17(11-13)27-2/h4-9,11,15,25H,3,10H2,1-2H3,(H,20,26)(H,21,22,23,24). The molecule has 8 nitrogen and oxygen atoms in total. The van der Waals surface area contributed by atoms with Gasteiger partial charge in [-0.3, -0.25) is 4.79 Å². The van der Waals surface area contributed by atoms with E-state index in [1.54, 1.807) is 12.1 Å². The predicted octanol–water partition coefficient (Wildman–Crippen LogP) is 2.44. The molecule has 3 rings (SSSR count). The van der Waals surface area contributed by atoms with Crippen LogP contribution in [0.15, 0.2) is 42.5 Å². The monoisotopic (exact) mass is 367 g/mol. The van der Waals surface area contributed by atoms with Crippen molar-refractivity contribution in [2.45, 2.75) is 25.7 Å². The smallest absolute Gasteiger partial charge is 0.235 e. The first-order chi connectivity index (χ1) is 13.1. The van der Waals surface area contributed by atoms with Crippen LogP contribution in [-0.2, 0) is 17.6 Å². The number of aromatic hydroxyl groups is 1. The molecule has 140 valence electrons. The van der Waals surface area contributed by atoms with E-state index in [2.05, 4.69) is 32.9 Å². The molecule has 0 aliphatic heterocycles. The van der Waals surface area contributed by atoms with Gasteiger partial charge in [-0.15, -0.1) is 10.2 Å². The lowest BCUT2D eigenvalue weighted by molar-refractivity contribution is -0.117. The molecular weight excluding hydrogens is 346 g/mol. The first kappa shape index (κ1) is 18.4. The van der Waals surface area contributed by atoms with E-state index in [4.69, 9.17) is 4.74 Å². The van der Waals surface area contributed by atoms with E-state index in [0.29, 0.717) is 23.7 Å². The number of tetrazole rings is 1. The molecule has 2 aromatic carbocycles. The Morgan fingerprint density at radius 2 is 1.96 bits per heavy atom. The maximum atomic E-state index is 12.9. The number of hydrogen-bond acceptors (Lipinski definition) is 6. The minimum Gasteiger partial charge on any atom is -0.504 e. The summed E-state index contributed by atoms with van der Waals surface area (Å²) in [4.78, 5) is 12.9. The fourth-order valence-electron chi connectivity index (χ4n) is 2.76. The molecule has 0 aliphatic rings. The van der Waals surface area contributed by atoms with Gasteiger partial charge in [0, 0.05) is 5.69 Å². The third-order valence-electron chi connectivity index (χ3n) is 4.30. The molecule has 0 bridgehead atoms. The summed E-state index contributed by atoms with van der Waals surface area (Å²) in [6, 6.07) is 12.6. The molecule has 1 amide bonds. The van der Waals surface area contributed by atoms with Gasteiger partial charge in [-0.2, -0.15) is 5.21 Å². The number of ether oxygens (including phenoxy) is 1. The van der Waals surface area contributed by atoms with Crippen molar-refractivity contribution in [3.05, 3.63) is 59.4 Å². The van der Waals surface area contributed by atoms with E-state index >= 15 is 0 Å². The van der Waals surface area contributed by atoms with Crippen LogP contribution in [0.1, 0.15) is 29.8 Å². The van der Waals surface area contributed by atoms with Gasteiger partial charge in [-0.1, -0.05) is 30.3 Å². The number of rotatable bonds is 7. The number of aromatic amines is 1. The highest BCUT2D eigenvalue weighted by atomic mass is 16.5. The van der Waals surface area contributed by atoms with Gasteiger partial charge in [0.1, 0.15) is 5.92 Å². The lowest BCUT2D eigenvalue weighted by atomic mass is 9.97. The Kier molecular flexibility index (Phi) is 5.65. The molecule has 1 heterocycles. The highest BCUT2D eigenvalue weighted by Gasteiger charge is 2.26. The molecule has 3 N–H and O–H groups in total. The van der Waals surface area contributed by atoms with Crippen molar-refractivity contribution in [3.8, 4) is 11.5 Å². The maximum Gasteiger partial charge on any atom is 0.235 e. The molecule has 0 fully saturated rings. The molecule has 0 radical (unpaired) electrons. The summed E-state index contributed by atoms with van der Waals surface area (Å²) in [5.41, 5.74) is 2.70. The third-order valence-corrected chi connectivity index (χ3v) is 4.30. The summed E-state index contributed by atoms with van der Waals surface area (Å²) < 4.78 is 5.14. The second-order valence-corrected chi connectivity index (χ2v) is 6.07. The summed E-state index contributed by atoms with van der Waals surface area (Å²) in [7, 11) is 1.47. The summed E-state index contributed by atoms with van der Waals surface area (Å²) >= 11 is 0. The minimum atomic E-state index is -0.649. The molecule has 0 spiro atoms. The molecule has 0 aliphatic carbocycles. The maximum absolute atomic E-state index is 12.9. The second-order valence-electron chi connectivity index (χ2n) is 6.07. The van der Waals surface area contributed by atoms with Gasteiger partial charge in [-0.25, -0.2) is 0 Å². The summed E-state index contributed by atoms with van der Waals surface area (Å²) in [6.07, 6.45) is 1.26. The lowest BCUT2D eigenvalue weighted by Gasteiger charge is -2.15. The van der Waals surface area contributed by atoms with Crippen molar-refractivity contribution in [1.82, 2.24) is 20.6 Å². The van der Waals surface area contributed by atoms with Crippen LogP contribution in [0.25, 0.3) is 0 Å². The molecule has 8 heteroatoms. The zero-order valence-corrected chi connectivity index (χ0v) is 15.1. The Balaban J connectivity index is 1.81. The quantitative estimate of drug-likeness (QED) is 0.591. The number of hydrogen-bond donors (Lipinski definition) is 3. The number of phenolic OH excluding ortho intramolecular Hbond substituents is 1. The number of nitrogens with one attached hydrogen (secondary N) is 2. The van der Waals surface area contributed by atoms with E-state index in [-0.39, 0.29) is 11.7 Å². The number of nitrogens with zero attached hydrogens (tertiary/aromatic N) is 3. The molecule has 27 heavy (non-hydrogen) atoms. The van der Waals surface area contributed by atoms with Crippen LogP contribution in [0.3, 0.4) is 0 Å². The first-order valence-electron chi connectivity index (χ1n) is 8.59. The lowest BCUT2D eigenvalue weighted by Crippen LogP contribution is -2.24. The van der Waals surface area contributed by atoms with Crippen LogP contribution in [0.2, 0.25) is 0 Å². The van der Waals surface area contributed by atoms with E-state index in [1.165, 1.54) is 18.7 Å². The van der Waals surface area contributed by atoms with Crippen molar-refractivity contribution in [2.75, 3.05) is 12.4 Å². The number of amides is 1. The number of carbonyl (C=O) groups excluding carboxylic acids is 1. The van der Waals surface area contributed by atoms with Crippen LogP contribution in [0.5, 0.6) is 11.5 Å². The zero-order valence-electron chi connectivity index (χ0n) is 15.1. The summed E-state index contributed by atoms with van der Waals surface area (Å²) in [6.45, 7) is 2.08. The van der Waals surface area contributed by atoms with Crippen molar-refractivity contribution in [2.24, 2.45) is 0 Å². The number of carbonyl (C=O) groups is 1. The largest absolute Gasteiger partial charge is 0.504 e. The third kappa shape index (κ3) is 4.41. The Bertz CT molecular complexity index is 894. The fourth-order valence-corrected chi connectivity index (χ4v) is 2.76. The van der Waals surface area contributed by atoms with E-state index in [1.807, 2.05) is 24.3 Å². The van der Waals surface area contributed by atoms with Gasteiger partial charge in [0.2, 0.25) is 5.91 Å². The van der Waals surface area contributed by atoms with Crippen LogP contribution < -0.4 is 10.1 Å². The van der Waals surface area contributed by atoms with Gasteiger partial charge in [0.25, 0.3) is 0 Å². The summed E-state index contributed by atoms with van der Waals surface area (Å²) in [5.74, 6) is -0.214. The van der Waals surface area contributed by atoms with E-state index in [9.17, 15) is 9.90 Å². The van der Waals surface area contributed by atoms with Crippen molar-refractivity contribution in [3.63, 3.8) is 0 Å². The van der Waals surface area contributed by atoms with Crippen LogP contribution in [-0.4, -0.2) is 38.7 Å². The SMILES string of the molecule is CCc1ccc(NC(=O)C(Cc2ccc(O)c(OC)c2)c2nn[nH]n2)cc1. The van der Waals surface area contributed by atoms with E-state index < -0.39 is 5.92 Å². The molecule has 1 aromatic heterocycles. The van der Waals surface area contributed by atoms with Crippen molar-refractivity contribution < 1.29 is 14.6 Å². The van der Waals surface area contributed by atoms with E-state index in [0.717, 1.165) is 12.0 Å². The Hall–Kier alpha value is -3.42. The molecule has 0 saturated carbocycles. The number of anilines is 1. The molecular formula is C19H21N5O3. The summed E-state index contributed by atoms with van der Waals surface area (Å²) in [5, 5.41) is 26.6. The Labute approximate surface area is 156 Å². The van der Waals surface area contributed by atoms with Crippen LogP contribution >= 0.6 is 0 Å². The molecule has 1 unspecified atom stereocenters. The average Bonchev–Trinajstić information content (AvgIpc) is 3.22. The molecule has 0 saturated heterocycles. The normalized spacial score (nSPS) is 11.8. The topological polar surface area (TPSA) is 113 Å². The second kappa shape index (κ2) is 8.31. The predicted molar refractivity (Wildman–Crippen MR) is 99.7 cm³/mol. The Morgan fingerprint density at radius 1 is 1.22 bits per heavy atom. The molecule has 3 aromatic rings. The van der Waals surface area contributed by atoms with Crippen molar-refractivity contribution >= 4 is 11.6 Å². The van der Waals surface area contributed by atoms with Gasteiger partial charge in [0.15, 0.2) is 17.3 Å². The van der Waals surface area contributed by atoms with Gasteiger partial charge < -0.3 is 15.2 Å². The van der Waals surface area contributed by atoms with Gasteiger partial charge >= 0.3 is 0 Å². The number of phenols is 1. The number of aryl methyl sites for hydroxylation is 1. The highest BCUT2D eigenvalue weighted by molar-refractivity contribution is 5.95. The van der Waals surface area contributed by atoms with Gasteiger partial charge in [-0.05, 0) is 48.2 Å². The number of methoxy groups -OCH3 is 1. The van der Waals surface area contributed by atoms with Crippen LogP contribution in [0.4, 0.5) is 5.69 Å². The number of benzene rings is 2. The Morgan fingerprint density at radius 3 is 2.59 bits per heavy atom. The highest BCUT2D eigenvalue weighted by Crippen LogP contribution is 2.29. The first-order valence-corrected chi connectivity index (χ1v) is 8.59. The van der Waals surface area contributed by atoms with Crippen molar-refractivity contribution in [1.29, 1.82) is 0 Å². The van der Waals surface area contributed by atoms with Gasteiger partial charge in [0.05, 0.1) is 7.11 Å². The average molecular weight is 367 g/mol. The fraction of sp³-hybridized carbons (Fsp3) is 0.263.